The number of hydrogen-bond acceptors (Lipinski definition) is 23. The molecule has 0 saturated carbocycles. The Morgan fingerprint density at radius 1 is 0.590 bits per heavy atom. The van der Waals surface area contributed by atoms with Gasteiger partial charge in [0.25, 0.3) is 23.6 Å². The second kappa shape index (κ2) is 36.1. The van der Waals surface area contributed by atoms with Crippen molar-refractivity contribution in [1.82, 2.24) is 67.0 Å². The number of carbonyl (C=O) groups excluding carboxylic acids is 9. The lowest BCUT2D eigenvalue weighted by atomic mass is 9.95. The molecule has 100 heavy (non-hydrogen) atoms. The van der Waals surface area contributed by atoms with Gasteiger partial charge in [0.15, 0.2) is 28.2 Å². The van der Waals surface area contributed by atoms with E-state index >= 15 is 0 Å². The van der Waals surface area contributed by atoms with Crippen LogP contribution in [0.3, 0.4) is 0 Å². The number of aromatic hydroxyl groups is 1. The molecule has 11 amide bonds. The SMILES string of the molecule is C#C[C@]1(CN2Cc3ccc(OC)cc3C2=O)NC(=O)NC1=O.CCNC(=O)OCc1cnc(I)c(O)c1.CCNC(=O)OCc1cnc(I)c(OC)c1.CCNC(=O)OCc1cnc2cc([C@]3(CN4Cc5ccc(OC)cc5C4=O)NC(=O)NC3=O)oc2c1.COc1cc(CO)cnc1I. The minimum Gasteiger partial charge on any atom is -0.505 e. The van der Waals surface area contributed by atoms with E-state index in [1.807, 2.05) is 29.5 Å². The van der Waals surface area contributed by atoms with Crippen LogP contribution in [0, 0.1) is 23.4 Å². The first-order chi connectivity index (χ1) is 47.9. The van der Waals surface area contributed by atoms with Gasteiger partial charge in [-0.15, -0.1) is 6.42 Å². The van der Waals surface area contributed by atoms with Crippen LogP contribution in [0.5, 0.6) is 28.7 Å². The normalized spacial score (nSPS) is 15.9. The van der Waals surface area contributed by atoms with Gasteiger partial charge in [-0.2, -0.15) is 0 Å². The molecule has 4 aliphatic heterocycles. The number of carbonyl (C=O) groups is 9. The van der Waals surface area contributed by atoms with Crippen LogP contribution < -0.4 is 56.2 Å². The van der Waals surface area contributed by atoms with Gasteiger partial charge in [-0.25, -0.2) is 38.9 Å². The Morgan fingerprint density at radius 2 is 1.04 bits per heavy atom. The van der Waals surface area contributed by atoms with Crippen molar-refractivity contribution in [2.24, 2.45) is 0 Å². The predicted molar refractivity (Wildman–Crippen MR) is 379 cm³/mol. The zero-order valence-corrected chi connectivity index (χ0v) is 61.1. The number of ether oxygens (including phenoxy) is 7. The number of terminal acetylenes is 1. The molecule has 0 aliphatic carbocycles. The van der Waals surface area contributed by atoms with E-state index in [0.717, 1.165) is 29.7 Å². The third kappa shape index (κ3) is 19.9. The number of imide groups is 2. The second-order valence-corrected chi connectivity index (χ2v) is 24.3. The van der Waals surface area contributed by atoms with Gasteiger partial charge in [0, 0.05) is 91.4 Å². The summed E-state index contributed by atoms with van der Waals surface area (Å²) in [5, 5.41) is 35.1. The maximum atomic E-state index is 13.1. The van der Waals surface area contributed by atoms with Gasteiger partial charge in [-0.1, -0.05) is 18.1 Å². The molecule has 32 nitrogen and oxygen atoms in total. The zero-order valence-electron chi connectivity index (χ0n) is 54.7. The molecule has 11 rings (SSSR count). The molecule has 5 aromatic heterocycles. The molecule has 0 unspecified atom stereocenters. The average molecular weight is 1720 g/mol. The van der Waals surface area contributed by atoms with Crippen LogP contribution in [0.15, 0.2) is 95.9 Å². The molecule has 9 N–H and O–H groups in total. The molecule has 7 aromatic rings. The van der Waals surface area contributed by atoms with Crippen LogP contribution in [0.2, 0.25) is 0 Å². The van der Waals surface area contributed by atoms with Crippen molar-refractivity contribution in [3.05, 3.63) is 153 Å². The van der Waals surface area contributed by atoms with E-state index in [-0.39, 0.29) is 69.4 Å². The predicted octanol–water partition coefficient (Wildman–Crippen LogP) is 6.40. The Labute approximate surface area is 612 Å². The average Bonchev–Trinajstić information content (AvgIpc) is 1.60. The van der Waals surface area contributed by atoms with E-state index < -0.39 is 53.2 Å². The number of aliphatic hydroxyl groups excluding tert-OH is 1. The molecule has 0 bridgehead atoms. The van der Waals surface area contributed by atoms with E-state index in [2.05, 4.69) is 108 Å². The highest BCUT2D eigenvalue weighted by Crippen LogP contribution is 2.36. The largest absolute Gasteiger partial charge is 0.505 e. The third-order valence-electron chi connectivity index (χ3n) is 14.5. The number of pyridine rings is 4. The lowest BCUT2D eigenvalue weighted by Gasteiger charge is -2.28. The summed E-state index contributed by atoms with van der Waals surface area (Å²) in [6.45, 7) is 7.51. The highest BCUT2D eigenvalue weighted by atomic mass is 127. The van der Waals surface area contributed by atoms with E-state index in [0.29, 0.717) is 86.2 Å². The standard InChI is InChI=1S/C24H23N5O7.C15H13N3O4.C10H13IN2O3.C9H11IN2O3.C7H8INO2/c1-3-25-23(33)35-11-13-6-18-17(26-9-13)8-19(36-18)24(21(31)27-22(32)28-24)12-29-10-14-4-5-15(34-2)7-16(14)20(29)30;1-3-15(13(20)16-14(21)17-15)8-18-7-9-4-5-10(22-2)6-11(9)12(18)19;1-3-12-10(14)16-6-7-4-8(15-2)9(11)13-5-7;1-2-11-9(14)15-5-6-3-7(13)8(10)12-4-6;1-11-6-2-5(4-10)3-9-7(6)8/h4-9H,3,10-12H2,1-2H3,(H,25,33)(H2,27,28,31,32);1,4-6H,7-8H2,2H3,(H2,16,17,20,21);4-5H,3,6H2,1-2H3,(H,12,14);3-4,13H,2,5H2,1H3,(H,11,14);2-3,10H,4H2,1H3/t24-;15-;;;/m01.../s1. The van der Waals surface area contributed by atoms with Crippen molar-refractivity contribution in [2.45, 2.75) is 71.4 Å². The van der Waals surface area contributed by atoms with Crippen LogP contribution in [0.4, 0.5) is 24.0 Å². The number of amides is 11. The quantitative estimate of drug-likeness (QED) is 0.0139. The Balaban J connectivity index is 0.000000189. The number of alkyl carbamates (subject to hydrolysis) is 3. The molecular formula is C65H68I3N13O19. The monoisotopic (exact) mass is 1720 g/mol. The van der Waals surface area contributed by atoms with Crippen LogP contribution in [-0.4, -0.2) is 161 Å². The highest BCUT2D eigenvalue weighted by Gasteiger charge is 2.53. The molecule has 2 saturated heterocycles. The van der Waals surface area contributed by atoms with Gasteiger partial charge in [-0.05, 0) is 154 Å². The van der Waals surface area contributed by atoms with Crippen molar-refractivity contribution in [3.63, 3.8) is 0 Å². The van der Waals surface area contributed by atoms with Crippen molar-refractivity contribution in [2.75, 3.05) is 61.2 Å². The van der Waals surface area contributed by atoms with E-state index in [1.165, 1.54) is 36.3 Å². The van der Waals surface area contributed by atoms with Gasteiger partial charge in [-0.3, -0.25) is 34.8 Å². The fraction of sp³-hybridized carbons (Fsp3) is 0.308. The van der Waals surface area contributed by atoms with Crippen LogP contribution in [0.1, 0.15) is 80.6 Å². The number of methoxy groups -OCH3 is 4. The summed E-state index contributed by atoms with van der Waals surface area (Å²) in [6.07, 6.45) is 10.3. The van der Waals surface area contributed by atoms with Gasteiger partial charge in [0.05, 0.1) is 48.1 Å². The number of urea groups is 2. The van der Waals surface area contributed by atoms with E-state index in [4.69, 9.17) is 49.1 Å². The molecule has 35 heteroatoms. The third-order valence-corrected chi connectivity index (χ3v) is 17.0. The number of benzene rings is 2. The number of aliphatic hydroxyl groups is 1. The Kier molecular flexibility index (Phi) is 27.9. The number of rotatable bonds is 19. The number of hydrogen-bond donors (Lipinski definition) is 9. The first kappa shape index (κ1) is 77.3. The van der Waals surface area contributed by atoms with Crippen molar-refractivity contribution < 1.29 is 90.9 Å². The molecule has 528 valence electrons. The molecule has 2 aromatic carbocycles. The maximum Gasteiger partial charge on any atom is 0.407 e. The fourth-order valence-corrected chi connectivity index (χ4v) is 10.9. The number of nitrogens with zero attached hydrogens (tertiary/aromatic N) is 6. The summed E-state index contributed by atoms with van der Waals surface area (Å²) in [5.74, 6) is 3.19. The summed E-state index contributed by atoms with van der Waals surface area (Å²) in [5.41, 5.74) is 2.94. The van der Waals surface area contributed by atoms with Crippen LogP contribution in [-0.2, 0) is 68.9 Å². The number of fused-ring (bicyclic) bond motifs is 3. The van der Waals surface area contributed by atoms with Gasteiger partial charge in [0.1, 0.15) is 59.4 Å². The van der Waals surface area contributed by atoms with Crippen LogP contribution in [0.25, 0.3) is 11.1 Å². The first-order valence-electron chi connectivity index (χ1n) is 30.0. The Hall–Kier alpha value is -10.1. The smallest absolute Gasteiger partial charge is 0.407 e. The van der Waals surface area contributed by atoms with Gasteiger partial charge in [0.2, 0.25) is 0 Å². The number of nitrogens with one attached hydrogen (secondary N) is 7. The topological polar surface area (TPSA) is 414 Å². The first-order valence-corrected chi connectivity index (χ1v) is 33.2. The Morgan fingerprint density at radius 3 is 1.48 bits per heavy atom. The molecular weight excluding hydrogens is 1650 g/mol. The summed E-state index contributed by atoms with van der Waals surface area (Å²) >= 11 is 6.07. The summed E-state index contributed by atoms with van der Waals surface area (Å²) in [4.78, 5) is 127. The van der Waals surface area contributed by atoms with Gasteiger partial charge < -0.3 is 84.2 Å². The molecule has 0 radical (unpaired) electrons. The van der Waals surface area contributed by atoms with E-state index in [1.54, 1.807) is 107 Å². The van der Waals surface area contributed by atoms with Crippen LogP contribution >= 0.6 is 67.8 Å². The van der Waals surface area contributed by atoms with Crippen molar-refractivity contribution >= 4 is 133 Å². The fourth-order valence-electron chi connectivity index (χ4n) is 9.59. The number of halogens is 3. The van der Waals surface area contributed by atoms with E-state index in [9.17, 15) is 48.3 Å². The molecule has 2 atom stereocenters. The Bertz CT molecular complexity index is 4250. The lowest BCUT2D eigenvalue weighted by molar-refractivity contribution is -0.125. The summed E-state index contributed by atoms with van der Waals surface area (Å²) < 4.78 is 43.5. The number of aromatic nitrogens is 4. The second-order valence-electron chi connectivity index (χ2n) is 21.3. The zero-order chi connectivity index (χ0) is 72.8. The molecule has 0 spiro atoms. The lowest BCUT2D eigenvalue weighted by Crippen LogP contribution is -2.54. The van der Waals surface area contributed by atoms with Crippen molar-refractivity contribution in [1.29, 1.82) is 0 Å². The number of furan rings is 1. The summed E-state index contributed by atoms with van der Waals surface area (Å²) in [7, 11) is 6.19. The maximum absolute atomic E-state index is 13.1. The van der Waals surface area contributed by atoms with Gasteiger partial charge >= 0.3 is 30.3 Å². The minimum absolute atomic E-state index is 0.000278. The highest BCUT2D eigenvalue weighted by molar-refractivity contribution is 14.1. The summed E-state index contributed by atoms with van der Waals surface area (Å²) in [6, 6.07) is 17.3. The van der Waals surface area contributed by atoms with Crippen molar-refractivity contribution in [3.8, 4) is 41.1 Å². The molecule has 2 fully saturated rings. The molecule has 9 heterocycles. The molecule has 4 aliphatic rings. The minimum atomic E-state index is -1.66.